The molecule has 0 saturated carbocycles. The van der Waals surface area contributed by atoms with Gasteiger partial charge in [0.1, 0.15) is 10.4 Å². The van der Waals surface area contributed by atoms with E-state index in [9.17, 15) is 8.78 Å². The van der Waals surface area contributed by atoms with E-state index >= 15 is 0 Å². The first-order chi connectivity index (χ1) is 4.63. The minimum atomic E-state index is -2.28. The average molecular weight is 183 g/mol. The Morgan fingerprint density at radius 3 is 2.60 bits per heavy atom. The lowest BCUT2D eigenvalue weighted by Crippen LogP contribution is -2.34. The second-order valence-corrected chi connectivity index (χ2v) is 3.74. The third-order valence-electron chi connectivity index (χ3n) is 1.45. The fourth-order valence-corrected chi connectivity index (χ4v) is 2.11. The molecule has 58 valence electrons. The van der Waals surface area contributed by atoms with Gasteiger partial charge in [-0.05, 0) is 0 Å². The second-order valence-electron chi connectivity index (χ2n) is 2.09. The van der Waals surface area contributed by atoms with Crippen LogP contribution in [0.2, 0.25) is 0 Å². The Hall–Kier alpha value is 0.1000. The summed E-state index contributed by atoms with van der Waals surface area (Å²) in [7, 11) is 1.61. The van der Waals surface area contributed by atoms with Crippen LogP contribution < -0.4 is 0 Å². The van der Waals surface area contributed by atoms with Gasteiger partial charge in [0.2, 0.25) is 0 Å². The van der Waals surface area contributed by atoms with Crippen molar-refractivity contribution in [2.75, 3.05) is 12.8 Å². The fraction of sp³-hybridized carbons (Fsp3) is 0.800. The maximum Gasteiger partial charge on any atom is 0.259 e. The summed E-state index contributed by atoms with van der Waals surface area (Å²) in [5, 5.41) is 0. The molecule has 0 aliphatic carbocycles. The second kappa shape index (κ2) is 3.00. The van der Waals surface area contributed by atoms with Crippen LogP contribution in [0.25, 0.3) is 0 Å². The molecule has 0 aromatic rings. The summed E-state index contributed by atoms with van der Waals surface area (Å²) in [5.41, 5.74) is 0. The highest BCUT2D eigenvalue weighted by Gasteiger charge is 2.32. The van der Waals surface area contributed by atoms with Crippen LogP contribution in [0.5, 0.6) is 0 Å². The summed E-state index contributed by atoms with van der Waals surface area (Å²) < 4.78 is 24.7. The van der Waals surface area contributed by atoms with Gasteiger partial charge in [0, 0.05) is 12.8 Å². The highest BCUT2D eigenvalue weighted by Crippen LogP contribution is 2.25. The number of halogens is 2. The van der Waals surface area contributed by atoms with Gasteiger partial charge in [0.25, 0.3) is 6.43 Å². The van der Waals surface area contributed by atoms with E-state index in [0.29, 0.717) is 10.1 Å². The first-order valence-corrected chi connectivity index (χ1v) is 4.20. The fourth-order valence-electron chi connectivity index (χ4n) is 0.747. The molecule has 1 heterocycles. The van der Waals surface area contributed by atoms with E-state index in [0.717, 1.165) is 0 Å². The number of thioether (sulfide) groups is 1. The third kappa shape index (κ3) is 1.40. The van der Waals surface area contributed by atoms with Gasteiger partial charge >= 0.3 is 0 Å². The highest BCUT2D eigenvalue weighted by atomic mass is 32.2. The lowest BCUT2D eigenvalue weighted by molar-refractivity contribution is 0.0818. The lowest BCUT2D eigenvalue weighted by atomic mass is 10.3. The van der Waals surface area contributed by atoms with Crippen LogP contribution in [-0.4, -0.2) is 34.5 Å². The van der Waals surface area contributed by atoms with Crippen molar-refractivity contribution >= 4 is 28.3 Å². The molecule has 1 aliphatic rings. The molecule has 0 radical (unpaired) electrons. The van der Waals surface area contributed by atoms with Crippen LogP contribution in [0.15, 0.2) is 0 Å². The topological polar surface area (TPSA) is 3.24 Å². The molecule has 0 aromatic heterocycles. The van der Waals surface area contributed by atoms with Crippen LogP contribution in [-0.2, 0) is 0 Å². The molecular formula is C5H7F2NS2. The van der Waals surface area contributed by atoms with Gasteiger partial charge in [0.15, 0.2) is 0 Å². The predicted octanol–water partition coefficient (Wildman–Crippen LogP) is 1.58. The number of hydrogen-bond donors (Lipinski definition) is 0. The molecule has 5 heteroatoms. The lowest BCUT2D eigenvalue weighted by Gasteiger charge is -2.18. The molecule has 0 amide bonds. The van der Waals surface area contributed by atoms with Crippen molar-refractivity contribution in [2.45, 2.75) is 12.5 Å². The van der Waals surface area contributed by atoms with Crippen molar-refractivity contribution in [3.05, 3.63) is 0 Å². The number of alkyl halides is 2. The molecule has 1 atom stereocenters. The van der Waals surface area contributed by atoms with Crippen LogP contribution in [0.4, 0.5) is 8.78 Å². The Morgan fingerprint density at radius 1 is 1.80 bits per heavy atom. The average Bonchev–Trinajstić information content (AvgIpc) is 2.14. The first-order valence-electron chi connectivity index (χ1n) is 2.80. The van der Waals surface area contributed by atoms with Gasteiger partial charge in [0.05, 0.1) is 0 Å². The molecule has 1 nitrogen and oxygen atoms in total. The predicted molar refractivity (Wildman–Crippen MR) is 42.6 cm³/mol. The van der Waals surface area contributed by atoms with Gasteiger partial charge in [-0.2, -0.15) is 0 Å². The van der Waals surface area contributed by atoms with E-state index < -0.39 is 12.5 Å². The molecule has 1 rings (SSSR count). The molecule has 0 spiro atoms. The van der Waals surface area contributed by atoms with Crippen molar-refractivity contribution in [1.29, 1.82) is 0 Å². The summed E-state index contributed by atoms with van der Waals surface area (Å²) in [6.45, 7) is 0. The molecule has 1 saturated heterocycles. The summed E-state index contributed by atoms with van der Waals surface area (Å²) >= 11 is 6.11. The Morgan fingerprint density at radius 2 is 2.40 bits per heavy atom. The quantitative estimate of drug-likeness (QED) is 0.568. The van der Waals surface area contributed by atoms with Crippen LogP contribution in [0.3, 0.4) is 0 Å². The molecule has 10 heavy (non-hydrogen) atoms. The first kappa shape index (κ1) is 8.20. The molecule has 0 N–H and O–H groups in total. The highest BCUT2D eigenvalue weighted by molar-refractivity contribution is 8.23. The number of hydrogen-bond acceptors (Lipinski definition) is 2. The SMILES string of the molecule is CN1C(=S)SCC1C(F)F. The van der Waals surface area contributed by atoms with Crippen molar-refractivity contribution < 1.29 is 8.78 Å². The van der Waals surface area contributed by atoms with Crippen molar-refractivity contribution in [1.82, 2.24) is 4.90 Å². The number of thiocarbonyl (C=S) groups is 1. The van der Waals surface area contributed by atoms with E-state index in [-0.39, 0.29) is 0 Å². The maximum atomic E-state index is 12.0. The molecule has 1 fully saturated rings. The number of rotatable bonds is 1. The Balaban J connectivity index is 2.57. The van der Waals surface area contributed by atoms with Crippen molar-refractivity contribution in [3.63, 3.8) is 0 Å². The Kier molecular flexibility index (Phi) is 2.46. The standard InChI is InChI=1S/C5H7F2NS2/c1-8-3(4(6)7)2-10-5(8)9/h3-4H,2H2,1H3. The van der Waals surface area contributed by atoms with Gasteiger partial charge in [-0.25, -0.2) is 8.78 Å². The Bertz CT molecular complexity index is 151. The van der Waals surface area contributed by atoms with Crippen molar-refractivity contribution in [2.24, 2.45) is 0 Å². The number of nitrogens with zero attached hydrogens (tertiary/aromatic N) is 1. The summed E-state index contributed by atoms with van der Waals surface area (Å²) in [6.07, 6.45) is -2.28. The van der Waals surface area contributed by atoms with Gasteiger partial charge in [-0.1, -0.05) is 24.0 Å². The summed E-state index contributed by atoms with van der Waals surface area (Å²) in [6, 6.07) is -0.669. The summed E-state index contributed by atoms with van der Waals surface area (Å²) in [4.78, 5) is 1.46. The zero-order valence-corrected chi connectivity index (χ0v) is 7.01. The normalized spacial score (nSPS) is 26.6. The largest absolute Gasteiger partial charge is 0.351 e. The molecular weight excluding hydrogens is 176 g/mol. The minimum absolute atomic E-state index is 0.424. The Labute approximate surface area is 67.8 Å². The van der Waals surface area contributed by atoms with E-state index in [4.69, 9.17) is 12.2 Å². The smallest absolute Gasteiger partial charge is 0.259 e. The van der Waals surface area contributed by atoms with E-state index in [1.54, 1.807) is 7.05 Å². The third-order valence-corrected chi connectivity index (χ3v) is 3.14. The van der Waals surface area contributed by atoms with E-state index in [1.165, 1.54) is 16.7 Å². The van der Waals surface area contributed by atoms with Crippen molar-refractivity contribution in [3.8, 4) is 0 Å². The van der Waals surface area contributed by atoms with Crippen LogP contribution in [0, 0.1) is 0 Å². The monoisotopic (exact) mass is 183 g/mol. The van der Waals surface area contributed by atoms with Gasteiger partial charge < -0.3 is 4.90 Å². The summed E-state index contributed by atoms with van der Waals surface area (Å²) in [5.74, 6) is 0.424. The maximum absolute atomic E-state index is 12.0. The van der Waals surface area contributed by atoms with Gasteiger partial charge in [-0.3, -0.25) is 0 Å². The molecule has 0 aromatic carbocycles. The molecule has 0 bridgehead atoms. The van der Waals surface area contributed by atoms with Gasteiger partial charge in [-0.15, -0.1) is 0 Å². The van der Waals surface area contributed by atoms with Crippen LogP contribution in [0.1, 0.15) is 0 Å². The molecule has 1 unspecified atom stereocenters. The zero-order chi connectivity index (χ0) is 7.72. The minimum Gasteiger partial charge on any atom is -0.351 e. The van der Waals surface area contributed by atoms with E-state index in [1.807, 2.05) is 0 Å². The van der Waals surface area contributed by atoms with Crippen LogP contribution >= 0.6 is 24.0 Å². The molecule has 1 aliphatic heterocycles. The van der Waals surface area contributed by atoms with E-state index in [2.05, 4.69) is 0 Å². The zero-order valence-electron chi connectivity index (χ0n) is 5.38.